The molecule has 0 bridgehead atoms. The molecular weight excluding hydrogens is 346 g/mol. The lowest BCUT2D eigenvalue weighted by Gasteiger charge is -2.06. The fraction of sp³-hybridized carbons (Fsp3) is 0.0500. The largest absolute Gasteiger partial charge is 0.497 e. The number of anilines is 1. The van der Waals surface area contributed by atoms with Gasteiger partial charge in [-0.25, -0.2) is 0 Å². The standard InChI is InChI=1S/C20H15N3O4/c1-25-16-10-6-13(7-11-16)18(24)21-15-8-4-14(5-9-15)19-22-23-20(27-19)17-3-2-12-26-17/h2-12H,1H3,(H,21,24). The van der Waals surface area contributed by atoms with Gasteiger partial charge in [0.1, 0.15) is 5.75 Å². The molecule has 1 N–H and O–H groups in total. The van der Waals surface area contributed by atoms with E-state index in [9.17, 15) is 4.79 Å². The molecular formula is C20H15N3O4. The predicted molar refractivity (Wildman–Crippen MR) is 98.4 cm³/mol. The second kappa shape index (κ2) is 7.17. The zero-order valence-corrected chi connectivity index (χ0v) is 14.4. The van der Waals surface area contributed by atoms with E-state index in [1.54, 1.807) is 74.0 Å². The van der Waals surface area contributed by atoms with Crippen LogP contribution in [0, 0.1) is 0 Å². The third-order valence-corrected chi connectivity index (χ3v) is 3.90. The molecule has 2 heterocycles. The zero-order valence-electron chi connectivity index (χ0n) is 14.4. The van der Waals surface area contributed by atoms with Crippen molar-refractivity contribution in [1.29, 1.82) is 0 Å². The number of carbonyl (C=O) groups is 1. The number of carbonyl (C=O) groups excluding carboxylic acids is 1. The van der Waals surface area contributed by atoms with Gasteiger partial charge in [0.15, 0.2) is 5.76 Å². The van der Waals surface area contributed by atoms with Crippen molar-refractivity contribution in [3.05, 3.63) is 72.5 Å². The van der Waals surface area contributed by atoms with Gasteiger partial charge in [-0.3, -0.25) is 4.79 Å². The molecule has 0 atom stereocenters. The number of hydrogen-bond donors (Lipinski definition) is 1. The average molecular weight is 361 g/mol. The normalized spacial score (nSPS) is 10.6. The van der Waals surface area contributed by atoms with Gasteiger partial charge in [-0.05, 0) is 60.7 Å². The van der Waals surface area contributed by atoms with Crippen LogP contribution in [0.2, 0.25) is 0 Å². The molecule has 2 aromatic heterocycles. The van der Waals surface area contributed by atoms with Gasteiger partial charge >= 0.3 is 0 Å². The van der Waals surface area contributed by atoms with Crippen LogP contribution in [-0.4, -0.2) is 23.2 Å². The van der Waals surface area contributed by atoms with Crippen molar-refractivity contribution in [2.45, 2.75) is 0 Å². The summed E-state index contributed by atoms with van der Waals surface area (Å²) in [5.41, 5.74) is 1.94. The summed E-state index contributed by atoms with van der Waals surface area (Å²) >= 11 is 0. The molecule has 7 nitrogen and oxygen atoms in total. The zero-order chi connectivity index (χ0) is 18.6. The van der Waals surface area contributed by atoms with Crippen LogP contribution in [0.1, 0.15) is 10.4 Å². The Kier molecular flexibility index (Phi) is 4.40. The summed E-state index contributed by atoms with van der Waals surface area (Å²) in [4.78, 5) is 12.3. The summed E-state index contributed by atoms with van der Waals surface area (Å²) in [5, 5.41) is 10.8. The van der Waals surface area contributed by atoms with Crippen molar-refractivity contribution in [3.63, 3.8) is 0 Å². The Morgan fingerprint density at radius 2 is 1.70 bits per heavy atom. The Morgan fingerprint density at radius 1 is 0.963 bits per heavy atom. The van der Waals surface area contributed by atoms with E-state index >= 15 is 0 Å². The molecule has 0 aliphatic carbocycles. The number of furan rings is 1. The Bertz CT molecular complexity index is 1040. The molecule has 4 aromatic rings. The fourth-order valence-corrected chi connectivity index (χ4v) is 2.48. The van der Waals surface area contributed by atoms with Crippen molar-refractivity contribution in [2.24, 2.45) is 0 Å². The number of amides is 1. The lowest BCUT2D eigenvalue weighted by Crippen LogP contribution is -2.11. The van der Waals surface area contributed by atoms with Gasteiger partial charge in [0, 0.05) is 16.8 Å². The third-order valence-electron chi connectivity index (χ3n) is 3.90. The van der Waals surface area contributed by atoms with Crippen LogP contribution in [-0.2, 0) is 0 Å². The van der Waals surface area contributed by atoms with E-state index in [4.69, 9.17) is 13.6 Å². The molecule has 134 valence electrons. The van der Waals surface area contributed by atoms with Crippen molar-refractivity contribution in [3.8, 4) is 28.9 Å². The molecule has 0 saturated heterocycles. The molecule has 0 radical (unpaired) electrons. The first-order valence-electron chi connectivity index (χ1n) is 8.16. The maximum atomic E-state index is 12.3. The first-order valence-corrected chi connectivity index (χ1v) is 8.16. The molecule has 0 aliphatic heterocycles. The number of nitrogens with one attached hydrogen (secondary N) is 1. The van der Waals surface area contributed by atoms with E-state index in [0.717, 1.165) is 5.56 Å². The first-order chi connectivity index (χ1) is 13.2. The Hall–Kier alpha value is -3.87. The number of aromatic nitrogens is 2. The Balaban J connectivity index is 1.46. The minimum Gasteiger partial charge on any atom is -0.497 e. The fourth-order valence-electron chi connectivity index (χ4n) is 2.48. The number of hydrogen-bond acceptors (Lipinski definition) is 6. The number of nitrogens with zero attached hydrogens (tertiary/aromatic N) is 2. The predicted octanol–water partition coefficient (Wildman–Crippen LogP) is 4.26. The summed E-state index contributed by atoms with van der Waals surface area (Å²) in [6, 6.07) is 17.5. The van der Waals surface area contributed by atoms with E-state index in [2.05, 4.69) is 15.5 Å². The Labute approximate surface area is 154 Å². The van der Waals surface area contributed by atoms with Crippen molar-refractivity contribution in [2.75, 3.05) is 12.4 Å². The first kappa shape index (κ1) is 16.6. The van der Waals surface area contributed by atoms with Crippen molar-refractivity contribution >= 4 is 11.6 Å². The quantitative estimate of drug-likeness (QED) is 0.571. The second-order valence-electron chi connectivity index (χ2n) is 5.65. The second-order valence-corrected chi connectivity index (χ2v) is 5.65. The maximum absolute atomic E-state index is 12.3. The van der Waals surface area contributed by atoms with Gasteiger partial charge in [-0.1, -0.05) is 0 Å². The van der Waals surface area contributed by atoms with Crippen LogP contribution in [0.15, 0.2) is 75.8 Å². The monoisotopic (exact) mass is 361 g/mol. The molecule has 7 heteroatoms. The third kappa shape index (κ3) is 3.57. The van der Waals surface area contributed by atoms with Crippen LogP contribution in [0.5, 0.6) is 5.75 Å². The Morgan fingerprint density at radius 3 is 2.37 bits per heavy atom. The van der Waals surface area contributed by atoms with Gasteiger partial charge in [0.25, 0.3) is 11.8 Å². The molecule has 4 rings (SSSR count). The summed E-state index contributed by atoms with van der Waals surface area (Å²) in [6.07, 6.45) is 1.54. The van der Waals surface area contributed by atoms with Crippen LogP contribution in [0.4, 0.5) is 5.69 Å². The van der Waals surface area contributed by atoms with Gasteiger partial charge < -0.3 is 18.9 Å². The van der Waals surface area contributed by atoms with E-state index in [1.165, 1.54) is 0 Å². The number of benzene rings is 2. The molecule has 2 aromatic carbocycles. The SMILES string of the molecule is COc1ccc(C(=O)Nc2ccc(-c3nnc(-c4ccco4)o3)cc2)cc1. The van der Waals surface area contributed by atoms with E-state index < -0.39 is 0 Å². The van der Waals surface area contributed by atoms with Gasteiger partial charge in [-0.2, -0.15) is 0 Å². The van der Waals surface area contributed by atoms with Crippen LogP contribution in [0.25, 0.3) is 23.1 Å². The van der Waals surface area contributed by atoms with Crippen LogP contribution >= 0.6 is 0 Å². The highest BCUT2D eigenvalue weighted by Crippen LogP contribution is 2.25. The van der Waals surface area contributed by atoms with Crippen LogP contribution < -0.4 is 10.1 Å². The topological polar surface area (TPSA) is 90.4 Å². The molecule has 0 spiro atoms. The highest BCUT2D eigenvalue weighted by atomic mass is 16.5. The summed E-state index contributed by atoms with van der Waals surface area (Å²) in [5.74, 6) is 1.69. The van der Waals surface area contributed by atoms with Gasteiger partial charge in [0.2, 0.25) is 5.89 Å². The maximum Gasteiger partial charge on any atom is 0.283 e. The minimum atomic E-state index is -0.205. The van der Waals surface area contributed by atoms with Crippen molar-refractivity contribution < 1.29 is 18.4 Å². The highest BCUT2D eigenvalue weighted by Gasteiger charge is 2.13. The smallest absolute Gasteiger partial charge is 0.283 e. The van der Waals surface area contributed by atoms with E-state index in [0.29, 0.717) is 34.5 Å². The highest BCUT2D eigenvalue weighted by molar-refractivity contribution is 6.04. The molecule has 0 aliphatic rings. The van der Waals surface area contributed by atoms with Gasteiger partial charge in [-0.15, -0.1) is 10.2 Å². The van der Waals surface area contributed by atoms with Crippen molar-refractivity contribution in [1.82, 2.24) is 10.2 Å². The van der Waals surface area contributed by atoms with E-state index in [-0.39, 0.29) is 5.91 Å². The summed E-state index contributed by atoms with van der Waals surface area (Å²) in [7, 11) is 1.58. The molecule has 0 fully saturated rings. The molecule has 1 amide bonds. The molecule has 27 heavy (non-hydrogen) atoms. The summed E-state index contributed by atoms with van der Waals surface area (Å²) in [6.45, 7) is 0. The molecule has 0 saturated carbocycles. The van der Waals surface area contributed by atoms with Gasteiger partial charge in [0.05, 0.1) is 13.4 Å². The number of methoxy groups -OCH3 is 1. The number of ether oxygens (including phenoxy) is 1. The lowest BCUT2D eigenvalue weighted by molar-refractivity contribution is 0.102. The minimum absolute atomic E-state index is 0.205. The summed E-state index contributed by atoms with van der Waals surface area (Å²) < 4.78 is 15.9. The number of rotatable bonds is 5. The average Bonchev–Trinajstić information content (AvgIpc) is 3.40. The van der Waals surface area contributed by atoms with Crippen LogP contribution in [0.3, 0.4) is 0 Å². The van der Waals surface area contributed by atoms with E-state index in [1.807, 2.05) is 0 Å². The molecule has 0 unspecified atom stereocenters. The lowest BCUT2D eigenvalue weighted by atomic mass is 10.1.